The fraction of sp³-hybridized carbons (Fsp3) is 0.100. The first-order valence-corrected chi connectivity index (χ1v) is 8.64. The average molecular weight is 351 g/mol. The van der Waals surface area contributed by atoms with E-state index in [1.54, 1.807) is 18.2 Å². The minimum Gasteiger partial charge on any atom is -0.314 e. The van der Waals surface area contributed by atoms with Gasteiger partial charge in [-0.2, -0.15) is 0 Å². The number of aryl methyl sites for hydroxylation is 1. The van der Waals surface area contributed by atoms with Crippen molar-refractivity contribution in [2.24, 2.45) is 0 Å². The number of rotatable bonds is 2. The predicted octanol–water partition coefficient (Wildman–Crippen LogP) is 4.72. The number of anilines is 1. The third kappa shape index (κ3) is 2.23. The van der Waals surface area contributed by atoms with Crippen molar-refractivity contribution in [2.45, 2.75) is 12.6 Å². The van der Waals surface area contributed by atoms with Crippen molar-refractivity contribution in [1.82, 2.24) is 0 Å². The van der Waals surface area contributed by atoms with Crippen molar-refractivity contribution in [3.05, 3.63) is 76.7 Å². The van der Waals surface area contributed by atoms with E-state index in [0.717, 1.165) is 10.4 Å². The van der Waals surface area contributed by atoms with Gasteiger partial charge in [0.1, 0.15) is 5.00 Å². The van der Waals surface area contributed by atoms with E-state index in [1.807, 2.05) is 37.3 Å². The van der Waals surface area contributed by atoms with Crippen molar-refractivity contribution >= 4 is 28.0 Å². The Morgan fingerprint density at radius 1 is 0.920 bits per heavy atom. The summed E-state index contributed by atoms with van der Waals surface area (Å²) in [5.41, 5.74) is -0.905. The summed E-state index contributed by atoms with van der Waals surface area (Å²) in [6.07, 6.45) is 0. The summed E-state index contributed by atoms with van der Waals surface area (Å²) < 4.78 is 15.7. The number of hydrogen-bond donors (Lipinski definition) is 1. The topological polar surface area (TPSA) is 46.2 Å². The normalized spacial score (nSPS) is 19.4. The van der Waals surface area contributed by atoms with Crippen LogP contribution in [0.4, 0.5) is 9.39 Å². The van der Waals surface area contributed by atoms with Crippen LogP contribution in [0.15, 0.2) is 60.7 Å². The minimum absolute atomic E-state index is 0.0472. The van der Waals surface area contributed by atoms with Crippen LogP contribution in [0, 0.1) is 6.92 Å². The van der Waals surface area contributed by atoms with E-state index < -0.39 is 17.4 Å². The van der Waals surface area contributed by atoms with Crippen molar-refractivity contribution < 1.29 is 14.0 Å². The van der Waals surface area contributed by atoms with Crippen LogP contribution in [0.1, 0.15) is 20.8 Å². The highest BCUT2D eigenvalue weighted by Crippen LogP contribution is 2.47. The van der Waals surface area contributed by atoms with Gasteiger partial charge < -0.3 is 5.32 Å². The lowest BCUT2D eigenvalue weighted by molar-refractivity contribution is -0.125. The quantitative estimate of drug-likeness (QED) is 0.679. The number of alkyl halides is 1. The van der Waals surface area contributed by atoms with Crippen LogP contribution in [0.25, 0.3) is 11.1 Å². The number of thiophene rings is 1. The molecule has 4 rings (SSSR count). The molecule has 1 N–H and O–H groups in total. The van der Waals surface area contributed by atoms with E-state index in [-0.39, 0.29) is 11.1 Å². The Bertz CT molecular complexity index is 982. The van der Waals surface area contributed by atoms with Crippen LogP contribution in [-0.4, -0.2) is 11.7 Å². The highest BCUT2D eigenvalue weighted by Gasteiger charge is 2.53. The fourth-order valence-electron chi connectivity index (χ4n) is 3.20. The number of halogens is 1. The standard InChI is InChI=1S/C20H14FNO2S/c1-12-15(13-8-4-2-5-9-13)16-17(23)20(21,14-10-6-3-7-11-14)19(24)22-18(16)25-12/h2-11H,1H3,(H,22,24). The Balaban J connectivity index is 1.95. The lowest BCUT2D eigenvalue weighted by atomic mass is 9.82. The minimum atomic E-state index is -2.72. The second-order valence-corrected chi connectivity index (χ2v) is 7.14. The summed E-state index contributed by atoms with van der Waals surface area (Å²) in [4.78, 5) is 26.4. The molecule has 25 heavy (non-hydrogen) atoms. The lowest BCUT2D eigenvalue weighted by Crippen LogP contribution is -2.47. The molecule has 0 saturated carbocycles. The molecule has 0 saturated heterocycles. The zero-order chi connectivity index (χ0) is 17.6. The van der Waals surface area contributed by atoms with Gasteiger partial charge in [-0.05, 0) is 12.5 Å². The molecule has 2 heterocycles. The molecule has 0 aliphatic carbocycles. The van der Waals surface area contributed by atoms with Gasteiger partial charge in [0.05, 0.1) is 5.56 Å². The van der Waals surface area contributed by atoms with Crippen molar-refractivity contribution in [1.29, 1.82) is 0 Å². The molecule has 0 bridgehead atoms. The number of carbonyl (C=O) groups excluding carboxylic acids is 2. The van der Waals surface area contributed by atoms with Crippen LogP contribution in [0.2, 0.25) is 0 Å². The molecular weight excluding hydrogens is 337 g/mol. The Kier molecular flexibility index (Phi) is 3.54. The van der Waals surface area contributed by atoms with Gasteiger partial charge in [-0.1, -0.05) is 60.7 Å². The summed E-state index contributed by atoms with van der Waals surface area (Å²) in [7, 11) is 0. The predicted molar refractivity (Wildman–Crippen MR) is 96.7 cm³/mol. The SMILES string of the molecule is Cc1sc2c(c1-c1ccccc1)C(=O)C(F)(c1ccccc1)C(=O)N2. The first kappa shape index (κ1) is 15.7. The molecule has 3 aromatic rings. The Hall–Kier alpha value is -2.79. The van der Waals surface area contributed by atoms with Crippen molar-refractivity contribution in [3.63, 3.8) is 0 Å². The maximum atomic E-state index is 15.7. The Morgan fingerprint density at radius 3 is 2.16 bits per heavy atom. The molecule has 2 aromatic carbocycles. The summed E-state index contributed by atoms with van der Waals surface area (Å²) in [6, 6.07) is 17.2. The second-order valence-electron chi connectivity index (χ2n) is 5.91. The molecule has 1 amide bonds. The third-order valence-corrected chi connectivity index (χ3v) is 5.42. The molecule has 1 aliphatic rings. The van der Waals surface area contributed by atoms with Crippen LogP contribution in [-0.2, 0) is 10.5 Å². The average Bonchev–Trinajstić information content (AvgIpc) is 2.97. The van der Waals surface area contributed by atoms with E-state index in [4.69, 9.17) is 0 Å². The number of hydrogen-bond acceptors (Lipinski definition) is 3. The molecule has 3 nitrogen and oxygen atoms in total. The highest BCUT2D eigenvalue weighted by atomic mass is 32.1. The second kappa shape index (κ2) is 5.63. The Labute approximate surface area is 148 Å². The molecule has 124 valence electrons. The molecule has 1 aliphatic heterocycles. The van der Waals surface area contributed by atoms with Crippen LogP contribution >= 0.6 is 11.3 Å². The summed E-state index contributed by atoms with van der Waals surface area (Å²) >= 11 is 1.30. The number of benzene rings is 2. The summed E-state index contributed by atoms with van der Waals surface area (Å²) in [5, 5.41) is 3.01. The Morgan fingerprint density at radius 2 is 1.52 bits per heavy atom. The van der Waals surface area contributed by atoms with Gasteiger partial charge in [-0.3, -0.25) is 9.59 Å². The first-order chi connectivity index (χ1) is 12.0. The van der Waals surface area contributed by atoms with Crippen molar-refractivity contribution in [3.8, 4) is 11.1 Å². The van der Waals surface area contributed by atoms with E-state index in [0.29, 0.717) is 10.6 Å². The number of amides is 1. The van der Waals surface area contributed by atoms with Gasteiger partial charge in [0.2, 0.25) is 5.78 Å². The van der Waals surface area contributed by atoms with E-state index in [9.17, 15) is 9.59 Å². The van der Waals surface area contributed by atoms with Crippen LogP contribution in [0.5, 0.6) is 0 Å². The first-order valence-electron chi connectivity index (χ1n) is 7.83. The van der Waals surface area contributed by atoms with Crippen LogP contribution < -0.4 is 5.32 Å². The number of fused-ring (bicyclic) bond motifs is 1. The molecule has 5 heteroatoms. The smallest absolute Gasteiger partial charge is 0.275 e. The van der Waals surface area contributed by atoms with Crippen molar-refractivity contribution in [2.75, 3.05) is 5.32 Å². The number of ketones is 1. The number of Topliss-reactive ketones (excluding diaryl/α,β-unsaturated/α-hetero) is 1. The molecule has 0 radical (unpaired) electrons. The molecule has 1 atom stereocenters. The monoisotopic (exact) mass is 351 g/mol. The third-order valence-electron chi connectivity index (χ3n) is 4.40. The maximum absolute atomic E-state index is 15.7. The lowest BCUT2D eigenvalue weighted by Gasteiger charge is -2.28. The molecule has 0 fully saturated rings. The van der Waals surface area contributed by atoms with Gasteiger partial charge in [-0.15, -0.1) is 11.3 Å². The summed E-state index contributed by atoms with van der Waals surface area (Å²) in [5.74, 6) is -1.74. The van der Waals surface area contributed by atoms with E-state index in [2.05, 4.69) is 5.32 Å². The molecule has 1 aromatic heterocycles. The molecule has 1 unspecified atom stereocenters. The zero-order valence-corrected chi connectivity index (χ0v) is 14.2. The van der Waals surface area contributed by atoms with Gasteiger partial charge in [0.15, 0.2) is 0 Å². The molecule has 0 spiro atoms. The van der Waals surface area contributed by atoms with Gasteiger partial charge in [0.25, 0.3) is 11.6 Å². The largest absolute Gasteiger partial charge is 0.314 e. The number of carbonyl (C=O) groups is 2. The molecular formula is C20H14FNO2S. The summed E-state index contributed by atoms with van der Waals surface area (Å²) in [6.45, 7) is 1.87. The van der Waals surface area contributed by atoms with Gasteiger partial charge >= 0.3 is 0 Å². The maximum Gasteiger partial charge on any atom is 0.275 e. The highest BCUT2D eigenvalue weighted by molar-refractivity contribution is 7.17. The fourth-order valence-corrected chi connectivity index (χ4v) is 4.27. The van der Waals surface area contributed by atoms with Gasteiger partial charge in [-0.25, -0.2) is 4.39 Å². The van der Waals surface area contributed by atoms with Crippen LogP contribution in [0.3, 0.4) is 0 Å². The van der Waals surface area contributed by atoms with Gasteiger partial charge in [0, 0.05) is 16.0 Å². The number of nitrogens with one attached hydrogen (secondary N) is 1. The zero-order valence-electron chi connectivity index (χ0n) is 13.4. The van der Waals surface area contributed by atoms with E-state index in [1.165, 1.54) is 23.5 Å². The van der Waals surface area contributed by atoms with E-state index >= 15 is 4.39 Å².